The first-order valence-corrected chi connectivity index (χ1v) is 9.89. The molecule has 1 aliphatic heterocycles. The highest BCUT2D eigenvalue weighted by molar-refractivity contribution is 7.09. The smallest absolute Gasteiger partial charge is 0.226 e. The Bertz CT molecular complexity index is 709. The zero-order valence-corrected chi connectivity index (χ0v) is 15.6. The third-order valence-corrected chi connectivity index (χ3v) is 6.57. The summed E-state index contributed by atoms with van der Waals surface area (Å²) in [5.74, 6) is 2.97. The third kappa shape index (κ3) is 2.80. The molecule has 0 aromatic carbocycles. The number of rotatable bonds is 5. The molecule has 4 rings (SSSR count). The van der Waals surface area contributed by atoms with Crippen LogP contribution in [0, 0.1) is 18.8 Å². The van der Waals surface area contributed by atoms with Crippen molar-refractivity contribution in [2.45, 2.75) is 58.4 Å². The van der Waals surface area contributed by atoms with Gasteiger partial charge in [-0.15, -0.1) is 11.3 Å². The van der Waals surface area contributed by atoms with Gasteiger partial charge in [0.2, 0.25) is 5.89 Å². The van der Waals surface area contributed by atoms with Crippen molar-refractivity contribution in [2.24, 2.45) is 11.8 Å². The summed E-state index contributed by atoms with van der Waals surface area (Å²) in [6, 6.07) is 0. The molecule has 1 aliphatic carbocycles. The number of likely N-dealkylation sites (tertiary alicyclic amines) is 1. The number of hydrogen-bond acceptors (Lipinski definition) is 6. The second-order valence-corrected chi connectivity index (χ2v) is 8.82. The summed E-state index contributed by atoms with van der Waals surface area (Å²) >= 11 is 1.77. The van der Waals surface area contributed by atoms with Gasteiger partial charge < -0.3 is 4.52 Å². The Labute approximate surface area is 147 Å². The molecule has 2 fully saturated rings. The Morgan fingerprint density at radius 3 is 3.08 bits per heavy atom. The molecule has 0 spiro atoms. The van der Waals surface area contributed by atoms with E-state index in [0.717, 1.165) is 37.8 Å². The summed E-state index contributed by atoms with van der Waals surface area (Å²) in [5.41, 5.74) is 3.23. The molecule has 0 bridgehead atoms. The fourth-order valence-corrected chi connectivity index (χ4v) is 5.27. The molecule has 0 amide bonds. The summed E-state index contributed by atoms with van der Waals surface area (Å²) in [6.07, 6.45) is 4.63. The van der Waals surface area contributed by atoms with Crippen LogP contribution in [0.3, 0.4) is 0 Å². The van der Waals surface area contributed by atoms with Crippen LogP contribution < -0.4 is 0 Å². The Balaban J connectivity index is 1.54. The first-order valence-electron chi connectivity index (χ1n) is 9.01. The molecular formula is C18H26N4OS. The van der Waals surface area contributed by atoms with Crippen LogP contribution in [0.2, 0.25) is 0 Å². The zero-order chi connectivity index (χ0) is 16.7. The highest BCUT2D eigenvalue weighted by Gasteiger charge is 2.53. The van der Waals surface area contributed by atoms with Crippen molar-refractivity contribution in [3.05, 3.63) is 27.8 Å². The number of thiazole rings is 1. The van der Waals surface area contributed by atoms with E-state index in [0.29, 0.717) is 11.8 Å². The average Bonchev–Trinajstić information content (AvgIpc) is 3.24. The fraction of sp³-hybridized carbons (Fsp3) is 0.722. The van der Waals surface area contributed by atoms with E-state index >= 15 is 0 Å². The molecule has 24 heavy (non-hydrogen) atoms. The zero-order valence-electron chi connectivity index (χ0n) is 14.8. The number of nitrogens with zero attached hydrogens (tertiary/aromatic N) is 4. The van der Waals surface area contributed by atoms with E-state index < -0.39 is 0 Å². The standard InChI is InChI=1S/C18H26N4OS/c1-12(2)7-16-20-17(21-23-16)18-6-4-5-14(18)8-22(10-18)9-15-13(3)19-11-24-15/h11-12,14H,4-10H2,1-3H3/t14-,18-/m1/s1. The van der Waals surface area contributed by atoms with Gasteiger partial charge in [0, 0.05) is 30.9 Å². The van der Waals surface area contributed by atoms with Crippen molar-refractivity contribution < 1.29 is 4.52 Å². The molecule has 2 aromatic rings. The van der Waals surface area contributed by atoms with E-state index in [-0.39, 0.29) is 5.41 Å². The summed E-state index contributed by atoms with van der Waals surface area (Å²) in [7, 11) is 0. The Morgan fingerprint density at radius 1 is 1.46 bits per heavy atom. The van der Waals surface area contributed by atoms with Crippen LogP contribution in [0.5, 0.6) is 0 Å². The molecule has 2 atom stereocenters. The molecular weight excluding hydrogens is 320 g/mol. The molecule has 5 nitrogen and oxygen atoms in total. The number of aromatic nitrogens is 3. The van der Waals surface area contributed by atoms with Crippen LogP contribution in [-0.2, 0) is 18.4 Å². The lowest BCUT2D eigenvalue weighted by Gasteiger charge is -2.25. The molecule has 1 saturated carbocycles. The summed E-state index contributed by atoms with van der Waals surface area (Å²) < 4.78 is 5.56. The molecule has 3 heterocycles. The predicted octanol–water partition coefficient (Wildman–Crippen LogP) is 3.59. The van der Waals surface area contributed by atoms with Gasteiger partial charge in [-0.2, -0.15) is 4.98 Å². The maximum atomic E-state index is 5.56. The van der Waals surface area contributed by atoms with Crippen molar-refractivity contribution in [1.82, 2.24) is 20.0 Å². The topological polar surface area (TPSA) is 55.1 Å². The number of hydrogen-bond donors (Lipinski definition) is 0. The largest absolute Gasteiger partial charge is 0.339 e. The minimum absolute atomic E-state index is 0.108. The van der Waals surface area contributed by atoms with Crippen LogP contribution in [0.1, 0.15) is 55.4 Å². The van der Waals surface area contributed by atoms with Crippen LogP contribution in [0.15, 0.2) is 10.0 Å². The predicted molar refractivity (Wildman–Crippen MR) is 94.0 cm³/mol. The monoisotopic (exact) mass is 346 g/mol. The third-order valence-electron chi connectivity index (χ3n) is 5.65. The minimum Gasteiger partial charge on any atom is -0.339 e. The Morgan fingerprint density at radius 2 is 2.33 bits per heavy atom. The maximum Gasteiger partial charge on any atom is 0.226 e. The van der Waals surface area contributed by atoms with Gasteiger partial charge in [-0.25, -0.2) is 4.98 Å². The second-order valence-electron chi connectivity index (χ2n) is 7.89. The quantitative estimate of drug-likeness (QED) is 0.828. The Kier molecular flexibility index (Phi) is 4.21. The molecule has 130 valence electrons. The van der Waals surface area contributed by atoms with Gasteiger partial charge in [0.25, 0.3) is 0 Å². The molecule has 2 aliphatic rings. The van der Waals surface area contributed by atoms with Gasteiger partial charge in [-0.3, -0.25) is 4.90 Å². The van der Waals surface area contributed by atoms with Crippen LogP contribution >= 0.6 is 11.3 Å². The fourth-order valence-electron chi connectivity index (χ4n) is 4.45. The van der Waals surface area contributed by atoms with E-state index in [1.807, 2.05) is 5.51 Å². The van der Waals surface area contributed by atoms with Gasteiger partial charge >= 0.3 is 0 Å². The lowest BCUT2D eigenvalue weighted by Crippen LogP contribution is -2.33. The molecule has 0 radical (unpaired) electrons. The van der Waals surface area contributed by atoms with E-state index in [1.54, 1.807) is 11.3 Å². The van der Waals surface area contributed by atoms with Crippen molar-refractivity contribution >= 4 is 11.3 Å². The van der Waals surface area contributed by atoms with Gasteiger partial charge in [0.15, 0.2) is 5.82 Å². The lowest BCUT2D eigenvalue weighted by atomic mass is 9.80. The molecule has 2 aromatic heterocycles. The highest BCUT2D eigenvalue weighted by atomic mass is 32.1. The molecule has 0 unspecified atom stereocenters. The van der Waals surface area contributed by atoms with Crippen molar-refractivity contribution in [3.8, 4) is 0 Å². The molecule has 0 N–H and O–H groups in total. The summed E-state index contributed by atoms with van der Waals surface area (Å²) in [5, 5.41) is 4.41. The maximum absolute atomic E-state index is 5.56. The van der Waals surface area contributed by atoms with E-state index in [9.17, 15) is 0 Å². The highest BCUT2D eigenvalue weighted by Crippen LogP contribution is 2.49. The Hall–Kier alpha value is -1.27. The van der Waals surface area contributed by atoms with Gasteiger partial charge in [0.1, 0.15) is 0 Å². The molecule has 6 heteroatoms. The van der Waals surface area contributed by atoms with E-state index in [2.05, 4.69) is 35.8 Å². The lowest BCUT2D eigenvalue weighted by molar-refractivity contribution is 0.286. The van der Waals surface area contributed by atoms with Gasteiger partial charge in [-0.1, -0.05) is 25.4 Å². The first-order chi connectivity index (χ1) is 11.6. The van der Waals surface area contributed by atoms with Crippen molar-refractivity contribution in [1.29, 1.82) is 0 Å². The second kappa shape index (κ2) is 6.23. The normalized spacial score (nSPS) is 27.2. The number of aryl methyl sites for hydroxylation is 1. The average molecular weight is 347 g/mol. The SMILES string of the molecule is Cc1ncsc1CN1C[C@H]2CCC[C@@]2(c2noc(CC(C)C)n2)C1. The minimum atomic E-state index is 0.108. The van der Waals surface area contributed by atoms with E-state index in [4.69, 9.17) is 9.51 Å². The molecule has 1 saturated heterocycles. The van der Waals surface area contributed by atoms with Crippen LogP contribution in [0.25, 0.3) is 0 Å². The van der Waals surface area contributed by atoms with Crippen LogP contribution in [0.4, 0.5) is 0 Å². The number of fused-ring (bicyclic) bond motifs is 1. The van der Waals surface area contributed by atoms with Crippen molar-refractivity contribution in [3.63, 3.8) is 0 Å². The van der Waals surface area contributed by atoms with Gasteiger partial charge in [0.05, 0.1) is 16.6 Å². The van der Waals surface area contributed by atoms with Gasteiger partial charge in [-0.05, 0) is 31.6 Å². The summed E-state index contributed by atoms with van der Waals surface area (Å²) in [6.45, 7) is 9.69. The van der Waals surface area contributed by atoms with Crippen molar-refractivity contribution in [2.75, 3.05) is 13.1 Å². The van der Waals surface area contributed by atoms with Crippen LogP contribution in [-0.4, -0.2) is 33.1 Å². The van der Waals surface area contributed by atoms with E-state index in [1.165, 1.54) is 29.8 Å². The summed E-state index contributed by atoms with van der Waals surface area (Å²) in [4.78, 5) is 13.2. The first kappa shape index (κ1) is 16.2.